The van der Waals surface area contributed by atoms with E-state index in [2.05, 4.69) is 10.6 Å². The number of rotatable bonds is 6. The molecule has 3 N–H and O–H groups in total. The molecule has 0 aliphatic heterocycles. The van der Waals surface area contributed by atoms with Crippen molar-refractivity contribution in [3.8, 4) is 0 Å². The number of nitrogens with zero attached hydrogens (tertiary/aromatic N) is 1. The van der Waals surface area contributed by atoms with Gasteiger partial charge in [-0.2, -0.15) is 5.06 Å². The highest BCUT2D eigenvalue weighted by atomic mass is 16.5. The van der Waals surface area contributed by atoms with E-state index in [0.29, 0.717) is 13.1 Å². The van der Waals surface area contributed by atoms with Gasteiger partial charge in [0.15, 0.2) is 0 Å². The Labute approximate surface area is 62.2 Å². The van der Waals surface area contributed by atoms with E-state index in [4.69, 9.17) is 5.21 Å². The Morgan fingerprint density at radius 3 is 1.80 bits per heavy atom. The fourth-order valence-corrected chi connectivity index (χ4v) is 0.594. The monoisotopic (exact) mass is 147 g/mol. The lowest BCUT2D eigenvalue weighted by molar-refractivity contribution is -0.0871. The number of hydrogen-bond acceptors (Lipinski definition) is 4. The highest BCUT2D eigenvalue weighted by Gasteiger charge is 1.95. The first-order valence-electron chi connectivity index (χ1n) is 3.54. The van der Waals surface area contributed by atoms with E-state index in [1.165, 1.54) is 5.06 Å². The van der Waals surface area contributed by atoms with Crippen molar-refractivity contribution in [3.05, 3.63) is 0 Å². The predicted molar refractivity (Wildman–Crippen MR) is 41.2 cm³/mol. The van der Waals surface area contributed by atoms with Crippen LogP contribution < -0.4 is 10.6 Å². The van der Waals surface area contributed by atoms with Crippen molar-refractivity contribution in [2.75, 3.05) is 40.3 Å². The molecular weight excluding hydrogens is 130 g/mol. The van der Waals surface area contributed by atoms with Gasteiger partial charge in [0, 0.05) is 26.2 Å². The van der Waals surface area contributed by atoms with E-state index in [1.54, 1.807) is 0 Å². The van der Waals surface area contributed by atoms with Crippen LogP contribution in [0.25, 0.3) is 0 Å². The maximum absolute atomic E-state index is 9.06. The summed E-state index contributed by atoms with van der Waals surface area (Å²) in [6.45, 7) is 3.00. The molecule has 0 fully saturated rings. The summed E-state index contributed by atoms with van der Waals surface area (Å²) < 4.78 is 0. The van der Waals surface area contributed by atoms with Crippen molar-refractivity contribution in [1.82, 2.24) is 15.7 Å². The van der Waals surface area contributed by atoms with Crippen LogP contribution in [0.1, 0.15) is 0 Å². The van der Waals surface area contributed by atoms with Crippen molar-refractivity contribution in [1.29, 1.82) is 0 Å². The third-order valence-corrected chi connectivity index (χ3v) is 1.24. The van der Waals surface area contributed by atoms with Gasteiger partial charge in [-0.1, -0.05) is 0 Å². The van der Waals surface area contributed by atoms with Gasteiger partial charge in [0.05, 0.1) is 0 Å². The zero-order valence-electron chi connectivity index (χ0n) is 6.72. The summed E-state index contributed by atoms with van der Waals surface area (Å²) in [5, 5.41) is 16.3. The molecule has 0 amide bonds. The van der Waals surface area contributed by atoms with Crippen molar-refractivity contribution in [2.45, 2.75) is 0 Å². The molecule has 4 nitrogen and oxygen atoms in total. The van der Waals surface area contributed by atoms with Gasteiger partial charge in [0.1, 0.15) is 0 Å². The average molecular weight is 147 g/mol. The van der Waals surface area contributed by atoms with Crippen LogP contribution in [-0.2, 0) is 0 Å². The van der Waals surface area contributed by atoms with E-state index < -0.39 is 0 Å². The summed E-state index contributed by atoms with van der Waals surface area (Å²) in [4.78, 5) is 0. The minimum absolute atomic E-state index is 0.679. The van der Waals surface area contributed by atoms with Gasteiger partial charge in [-0.25, -0.2) is 0 Å². The molecule has 0 saturated carbocycles. The molecule has 0 bridgehead atoms. The summed E-state index contributed by atoms with van der Waals surface area (Å²) in [7, 11) is 3.73. The third kappa shape index (κ3) is 5.97. The van der Waals surface area contributed by atoms with Gasteiger partial charge in [-0.05, 0) is 14.1 Å². The maximum Gasteiger partial charge on any atom is 0.0363 e. The highest BCUT2D eigenvalue weighted by molar-refractivity contribution is 4.48. The SMILES string of the molecule is CNCCN(O)CCNC. The molecule has 0 rings (SSSR count). The van der Waals surface area contributed by atoms with Crippen LogP contribution in [0.5, 0.6) is 0 Å². The van der Waals surface area contributed by atoms with Crippen LogP contribution in [0.3, 0.4) is 0 Å². The van der Waals surface area contributed by atoms with Gasteiger partial charge in [0.25, 0.3) is 0 Å². The first-order valence-corrected chi connectivity index (χ1v) is 3.54. The summed E-state index contributed by atoms with van der Waals surface area (Å²) in [6.07, 6.45) is 0. The molecule has 4 heteroatoms. The van der Waals surface area contributed by atoms with E-state index >= 15 is 0 Å². The van der Waals surface area contributed by atoms with Crippen LogP contribution >= 0.6 is 0 Å². The van der Waals surface area contributed by atoms with Crippen LogP contribution in [0.4, 0.5) is 0 Å². The molecule has 0 saturated heterocycles. The van der Waals surface area contributed by atoms with E-state index in [1.807, 2.05) is 14.1 Å². The van der Waals surface area contributed by atoms with Gasteiger partial charge in [0.2, 0.25) is 0 Å². The van der Waals surface area contributed by atoms with Gasteiger partial charge in [-0.15, -0.1) is 0 Å². The molecule has 62 valence electrons. The molecule has 0 aromatic heterocycles. The Bertz CT molecular complexity index is 62.0. The molecule has 0 aromatic carbocycles. The Morgan fingerprint density at radius 1 is 1.10 bits per heavy atom. The quantitative estimate of drug-likeness (QED) is 0.427. The van der Waals surface area contributed by atoms with Crippen molar-refractivity contribution >= 4 is 0 Å². The fourth-order valence-electron chi connectivity index (χ4n) is 0.594. The second-order valence-corrected chi connectivity index (χ2v) is 2.16. The van der Waals surface area contributed by atoms with E-state index in [9.17, 15) is 0 Å². The fraction of sp³-hybridized carbons (Fsp3) is 1.00. The van der Waals surface area contributed by atoms with Crippen molar-refractivity contribution in [2.24, 2.45) is 0 Å². The molecule has 0 atom stereocenters. The van der Waals surface area contributed by atoms with E-state index in [-0.39, 0.29) is 0 Å². The normalized spacial score (nSPS) is 10.8. The Kier molecular flexibility index (Phi) is 6.84. The molecule has 0 radical (unpaired) electrons. The minimum Gasteiger partial charge on any atom is -0.318 e. The van der Waals surface area contributed by atoms with Crippen molar-refractivity contribution < 1.29 is 5.21 Å². The highest BCUT2D eigenvalue weighted by Crippen LogP contribution is 1.76. The summed E-state index contributed by atoms with van der Waals surface area (Å²) in [5.74, 6) is 0. The summed E-state index contributed by atoms with van der Waals surface area (Å²) >= 11 is 0. The first-order chi connectivity index (χ1) is 4.81. The molecule has 0 aliphatic rings. The second-order valence-electron chi connectivity index (χ2n) is 2.16. The molecule has 0 aliphatic carbocycles. The smallest absolute Gasteiger partial charge is 0.0363 e. The Morgan fingerprint density at radius 2 is 1.50 bits per heavy atom. The topological polar surface area (TPSA) is 47.5 Å². The zero-order valence-corrected chi connectivity index (χ0v) is 6.72. The minimum atomic E-state index is 0.679. The molecular formula is C6H17N3O. The number of hydroxylamine groups is 2. The van der Waals surface area contributed by atoms with Crippen LogP contribution in [-0.4, -0.2) is 50.5 Å². The van der Waals surface area contributed by atoms with Crippen molar-refractivity contribution in [3.63, 3.8) is 0 Å². The standard InChI is InChI=1S/C6H17N3O/c1-7-3-5-9(10)6-4-8-2/h7-8,10H,3-6H2,1-2H3. The van der Waals surface area contributed by atoms with Gasteiger partial charge >= 0.3 is 0 Å². The Balaban J connectivity index is 3.00. The second kappa shape index (κ2) is 6.95. The molecule has 0 heterocycles. The number of likely N-dealkylation sites (N-methyl/N-ethyl adjacent to an activating group) is 2. The van der Waals surface area contributed by atoms with Gasteiger partial charge in [-0.3, -0.25) is 0 Å². The zero-order chi connectivity index (χ0) is 7.82. The maximum atomic E-state index is 9.06. The lowest BCUT2D eigenvalue weighted by Gasteiger charge is -2.13. The summed E-state index contributed by atoms with van der Waals surface area (Å²) in [5.41, 5.74) is 0. The lowest BCUT2D eigenvalue weighted by Crippen LogP contribution is -2.32. The number of hydrogen-bond donors (Lipinski definition) is 3. The van der Waals surface area contributed by atoms with Crippen LogP contribution in [0.15, 0.2) is 0 Å². The summed E-state index contributed by atoms with van der Waals surface area (Å²) in [6, 6.07) is 0. The van der Waals surface area contributed by atoms with E-state index in [0.717, 1.165) is 13.1 Å². The Hall–Kier alpha value is -0.160. The predicted octanol–water partition coefficient (Wildman–Crippen LogP) is -0.884. The molecule has 0 unspecified atom stereocenters. The largest absolute Gasteiger partial charge is 0.318 e. The van der Waals surface area contributed by atoms with Crippen LogP contribution in [0.2, 0.25) is 0 Å². The third-order valence-electron chi connectivity index (χ3n) is 1.24. The molecule has 0 spiro atoms. The first kappa shape index (κ1) is 9.84. The molecule has 0 aromatic rings. The van der Waals surface area contributed by atoms with Crippen LogP contribution in [0, 0.1) is 0 Å². The number of nitrogens with one attached hydrogen (secondary N) is 2. The van der Waals surface area contributed by atoms with Gasteiger partial charge < -0.3 is 15.8 Å². The lowest BCUT2D eigenvalue weighted by atomic mass is 10.5. The molecule has 10 heavy (non-hydrogen) atoms. The average Bonchev–Trinajstić information content (AvgIpc) is 1.97.